The monoisotopic (exact) mass is 499 g/mol. The van der Waals surface area contributed by atoms with E-state index in [4.69, 9.17) is 9.47 Å². The Morgan fingerprint density at radius 2 is 2.11 bits per heavy atom. The molecule has 3 aliphatic rings. The maximum absolute atomic E-state index is 13.1. The van der Waals surface area contributed by atoms with E-state index in [0.717, 1.165) is 10.9 Å². The van der Waals surface area contributed by atoms with Gasteiger partial charge in [-0.15, -0.1) is 6.58 Å². The van der Waals surface area contributed by atoms with Gasteiger partial charge in [-0.3, -0.25) is 14.6 Å². The van der Waals surface area contributed by atoms with Crippen LogP contribution in [0.4, 0.5) is 0 Å². The zero-order valence-corrected chi connectivity index (χ0v) is 20.3. The van der Waals surface area contributed by atoms with Gasteiger partial charge in [0, 0.05) is 36.5 Å². The lowest BCUT2D eigenvalue weighted by molar-refractivity contribution is -0.129. The maximum Gasteiger partial charge on any atom is 0.238 e. The van der Waals surface area contributed by atoms with Gasteiger partial charge in [-0.1, -0.05) is 6.08 Å². The molecule has 35 heavy (non-hydrogen) atoms. The van der Waals surface area contributed by atoms with Crippen LogP contribution in [0, 0.1) is 5.92 Å². The van der Waals surface area contributed by atoms with Crippen molar-refractivity contribution in [3.8, 4) is 11.5 Å². The van der Waals surface area contributed by atoms with Crippen molar-refractivity contribution in [1.82, 2.24) is 15.6 Å². The summed E-state index contributed by atoms with van der Waals surface area (Å²) in [6.07, 6.45) is 5.02. The molecule has 0 unspecified atom stereocenters. The molecule has 2 aromatic rings. The van der Waals surface area contributed by atoms with E-state index in [1.165, 1.54) is 0 Å². The molecule has 186 valence electrons. The van der Waals surface area contributed by atoms with Crippen molar-refractivity contribution < 1.29 is 27.5 Å². The van der Waals surface area contributed by atoms with Gasteiger partial charge in [-0.2, -0.15) is 0 Å². The number of pyridine rings is 1. The van der Waals surface area contributed by atoms with Crippen LogP contribution >= 0.6 is 0 Å². The number of fused-ring (bicyclic) bond motifs is 1. The second kappa shape index (κ2) is 8.91. The molecule has 9 nitrogen and oxygen atoms in total. The number of aromatic nitrogens is 1. The number of ketones is 1. The molecule has 1 aliphatic heterocycles. The van der Waals surface area contributed by atoms with E-state index in [1.807, 2.05) is 18.2 Å². The van der Waals surface area contributed by atoms with Crippen LogP contribution < -0.4 is 20.1 Å². The highest BCUT2D eigenvalue weighted by Gasteiger charge is 2.60. The number of hydrogen-bond donors (Lipinski definition) is 2. The predicted molar refractivity (Wildman–Crippen MR) is 130 cm³/mol. The number of sulfone groups is 1. The van der Waals surface area contributed by atoms with Crippen LogP contribution in [0.5, 0.6) is 11.5 Å². The average Bonchev–Trinajstić information content (AvgIpc) is 3.76. The minimum atomic E-state index is -3.47. The quantitative estimate of drug-likeness (QED) is 0.472. The highest BCUT2D eigenvalue weighted by atomic mass is 32.2. The molecule has 4 atom stereocenters. The molecule has 2 heterocycles. The smallest absolute Gasteiger partial charge is 0.238 e. The molecule has 2 aliphatic carbocycles. The lowest BCUT2D eigenvalue weighted by Gasteiger charge is -2.20. The standard InChI is InChI=1S/C25H29N3O6S/c1-3-15-12-25(15,23(29)14-35(31,32)18-5-6-18)28-24(30)21-11-17(13-27-21)34-22-8-9-26-20-10-16(33-2)4-7-19(20)22/h3-4,7-10,15,17-18,21,27H,1,5-6,11-14H2,2H3,(H,28,30)/t15-,17-,21+,25-/m1/s1. The number of Topliss-reactive ketones (excluding diaryl/α,β-unsaturated/α-hetero) is 1. The van der Waals surface area contributed by atoms with Crippen molar-refractivity contribution in [2.45, 2.75) is 48.6 Å². The Balaban J connectivity index is 1.23. The van der Waals surface area contributed by atoms with Crippen LogP contribution in [0.3, 0.4) is 0 Å². The second-order valence-electron chi connectivity index (χ2n) is 9.57. The summed E-state index contributed by atoms with van der Waals surface area (Å²) in [5.74, 6) is -0.216. The fourth-order valence-electron chi connectivity index (χ4n) is 4.77. The zero-order chi connectivity index (χ0) is 24.8. The van der Waals surface area contributed by atoms with Gasteiger partial charge < -0.3 is 20.1 Å². The summed E-state index contributed by atoms with van der Waals surface area (Å²) in [5, 5.41) is 6.44. The van der Waals surface area contributed by atoms with Crippen LogP contribution in [0.25, 0.3) is 10.9 Å². The lowest BCUT2D eigenvalue weighted by atomic mass is 10.1. The molecule has 3 fully saturated rings. The van der Waals surface area contributed by atoms with Crippen molar-refractivity contribution in [3.05, 3.63) is 43.1 Å². The molecule has 10 heteroatoms. The molecule has 1 saturated heterocycles. The number of benzene rings is 1. The number of carbonyl (C=O) groups is 2. The van der Waals surface area contributed by atoms with Crippen LogP contribution in [0.2, 0.25) is 0 Å². The predicted octanol–water partition coefficient (Wildman–Crippen LogP) is 1.56. The first kappa shape index (κ1) is 23.7. The lowest BCUT2D eigenvalue weighted by Crippen LogP contribution is -2.52. The molecule has 5 rings (SSSR count). The SMILES string of the molecule is C=C[C@@H]1C[C@]1(NC(=O)[C@@H]1C[C@@H](Oc2ccnc3cc(OC)ccc23)CN1)C(=O)CS(=O)(=O)C1CC1. The Morgan fingerprint density at radius 3 is 2.80 bits per heavy atom. The van der Waals surface area contributed by atoms with Gasteiger partial charge in [0.05, 0.1) is 23.9 Å². The van der Waals surface area contributed by atoms with Crippen molar-refractivity contribution in [1.29, 1.82) is 0 Å². The van der Waals surface area contributed by atoms with Gasteiger partial charge >= 0.3 is 0 Å². The number of nitrogens with zero attached hydrogens (tertiary/aromatic N) is 1. The van der Waals surface area contributed by atoms with E-state index >= 15 is 0 Å². The molecule has 1 amide bonds. The minimum Gasteiger partial charge on any atom is -0.497 e. The van der Waals surface area contributed by atoms with Gasteiger partial charge in [-0.05, 0) is 37.5 Å². The van der Waals surface area contributed by atoms with Gasteiger partial charge in [0.25, 0.3) is 0 Å². The van der Waals surface area contributed by atoms with E-state index in [-0.39, 0.29) is 17.9 Å². The summed E-state index contributed by atoms with van der Waals surface area (Å²) in [6, 6.07) is 6.79. The van der Waals surface area contributed by atoms with Crippen LogP contribution in [-0.4, -0.2) is 67.4 Å². The van der Waals surface area contributed by atoms with Crippen molar-refractivity contribution in [2.75, 3.05) is 19.4 Å². The van der Waals surface area contributed by atoms with E-state index in [1.54, 1.807) is 25.4 Å². The zero-order valence-electron chi connectivity index (χ0n) is 19.5. The van der Waals surface area contributed by atoms with E-state index in [2.05, 4.69) is 22.2 Å². The number of ether oxygens (including phenoxy) is 2. The Hall–Kier alpha value is -2.98. The molecule has 0 bridgehead atoms. The normalized spacial score (nSPS) is 27.9. The Kier molecular flexibility index (Phi) is 6.04. The van der Waals surface area contributed by atoms with E-state index in [0.29, 0.717) is 43.7 Å². The molecule has 1 aromatic heterocycles. The first-order valence-corrected chi connectivity index (χ1v) is 13.5. The Labute approximate surface area is 204 Å². The van der Waals surface area contributed by atoms with E-state index < -0.39 is 38.2 Å². The molecule has 0 spiro atoms. The third-order valence-electron chi connectivity index (χ3n) is 7.12. The van der Waals surface area contributed by atoms with Crippen LogP contribution in [0.15, 0.2) is 43.1 Å². The summed E-state index contributed by atoms with van der Waals surface area (Å²) in [7, 11) is -1.87. The van der Waals surface area contributed by atoms with Gasteiger partial charge in [0.15, 0.2) is 15.6 Å². The fourth-order valence-corrected chi connectivity index (χ4v) is 6.49. The van der Waals surface area contributed by atoms with Crippen molar-refractivity contribution in [2.24, 2.45) is 5.92 Å². The maximum atomic E-state index is 13.1. The van der Waals surface area contributed by atoms with Crippen molar-refractivity contribution in [3.63, 3.8) is 0 Å². The summed E-state index contributed by atoms with van der Waals surface area (Å²) in [6.45, 7) is 4.20. The third-order valence-corrected chi connectivity index (χ3v) is 9.27. The summed E-state index contributed by atoms with van der Waals surface area (Å²) < 4.78 is 36.2. The first-order valence-electron chi connectivity index (χ1n) is 11.8. The molecular weight excluding hydrogens is 470 g/mol. The number of hydrogen-bond acceptors (Lipinski definition) is 8. The van der Waals surface area contributed by atoms with Gasteiger partial charge in [0.1, 0.15) is 28.9 Å². The molecule has 2 N–H and O–H groups in total. The third kappa shape index (κ3) is 4.64. The summed E-state index contributed by atoms with van der Waals surface area (Å²) in [5.41, 5.74) is -0.435. The van der Waals surface area contributed by atoms with E-state index in [9.17, 15) is 18.0 Å². The summed E-state index contributed by atoms with van der Waals surface area (Å²) >= 11 is 0. The average molecular weight is 500 g/mol. The highest BCUT2D eigenvalue weighted by molar-refractivity contribution is 7.93. The molecule has 2 saturated carbocycles. The first-order chi connectivity index (χ1) is 16.8. The van der Waals surface area contributed by atoms with Crippen LogP contribution in [-0.2, 0) is 19.4 Å². The number of methoxy groups -OCH3 is 1. The topological polar surface area (TPSA) is 124 Å². The molecular formula is C25H29N3O6S. The number of rotatable bonds is 10. The number of amides is 1. The fraction of sp³-hybridized carbons (Fsp3) is 0.480. The Morgan fingerprint density at radius 1 is 1.31 bits per heavy atom. The van der Waals surface area contributed by atoms with Gasteiger partial charge in [-0.25, -0.2) is 8.42 Å². The molecule has 1 aromatic carbocycles. The second-order valence-corrected chi connectivity index (χ2v) is 11.8. The minimum absolute atomic E-state index is 0.255. The largest absolute Gasteiger partial charge is 0.497 e. The van der Waals surface area contributed by atoms with Gasteiger partial charge in [0.2, 0.25) is 5.91 Å². The highest BCUT2D eigenvalue weighted by Crippen LogP contribution is 2.46. The Bertz CT molecular complexity index is 1290. The number of carbonyl (C=O) groups excluding carboxylic acids is 2. The molecule has 0 radical (unpaired) electrons. The number of nitrogens with one attached hydrogen (secondary N) is 2. The van der Waals surface area contributed by atoms with Crippen LogP contribution in [0.1, 0.15) is 25.7 Å². The summed E-state index contributed by atoms with van der Waals surface area (Å²) in [4.78, 5) is 30.4. The van der Waals surface area contributed by atoms with Crippen molar-refractivity contribution >= 4 is 32.4 Å².